The van der Waals surface area contributed by atoms with Crippen LogP contribution in [0.4, 0.5) is 22.7 Å². The zero-order valence-corrected chi connectivity index (χ0v) is 29.5. The third-order valence-electron chi connectivity index (χ3n) is 11.4. The molecule has 9 rings (SSSR count). The average Bonchev–Trinajstić information content (AvgIpc) is 3.20. The first kappa shape index (κ1) is 31.7. The maximum atomic E-state index is 10.2. The number of nitrogen functional groups attached to an aromatic ring is 1. The zero-order chi connectivity index (χ0) is 35.4. The van der Waals surface area contributed by atoms with E-state index in [0.29, 0.717) is 17.7 Å². The van der Waals surface area contributed by atoms with Crippen LogP contribution in [0.15, 0.2) is 158 Å². The lowest BCUT2D eigenvalue weighted by atomic mass is 9.35. The summed E-state index contributed by atoms with van der Waals surface area (Å²) in [6.07, 6.45) is 1.41. The van der Waals surface area contributed by atoms with Gasteiger partial charge in [0.15, 0.2) is 0 Å². The van der Waals surface area contributed by atoms with Gasteiger partial charge < -0.3 is 10.6 Å². The Morgan fingerprint density at radius 2 is 1.04 bits per heavy atom. The first-order valence-electron chi connectivity index (χ1n) is 18.1. The molecule has 0 saturated heterocycles. The molecule has 3 nitrogen and oxygen atoms in total. The van der Waals surface area contributed by atoms with Crippen LogP contribution in [-0.4, -0.2) is 6.71 Å². The van der Waals surface area contributed by atoms with Gasteiger partial charge in [-0.1, -0.05) is 164 Å². The highest BCUT2D eigenvalue weighted by Crippen LogP contribution is 2.53. The molecule has 248 valence electrons. The molecular formula is C48H38BN3. The summed E-state index contributed by atoms with van der Waals surface area (Å²) >= 11 is 0. The fourth-order valence-electron chi connectivity index (χ4n) is 8.92. The van der Waals surface area contributed by atoms with Crippen LogP contribution in [0.3, 0.4) is 0 Å². The number of para-hydroxylation sites is 2. The molecule has 0 radical (unpaired) electrons. The van der Waals surface area contributed by atoms with E-state index in [1.54, 1.807) is 0 Å². The molecule has 0 unspecified atom stereocenters. The van der Waals surface area contributed by atoms with Gasteiger partial charge in [-0.05, 0) is 81.6 Å². The SMILES string of the molecule is CC1(C)c2ccccc2N(c2cccc3c2CCc2c(ccc(C#N)c2N)-c2ccccc2B(c2ccccc2)c2ccccc2-3)c2ccccc21. The highest BCUT2D eigenvalue weighted by molar-refractivity contribution is 6.97. The van der Waals surface area contributed by atoms with Gasteiger partial charge in [0.05, 0.1) is 22.6 Å². The number of rotatable bonds is 2. The van der Waals surface area contributed by atoms with Crippen molar-refractivity contribution in [1.82, 2.24) is 0 Å². The monoisotopic (exact) mass is 667 g/mol. The lowest BCUT2D eigenvalue weighted by molar-refractivity contribution is 0.631. The maximum absolute atomic E-state index is 10.2. The van der Waals surface area contributed by atoms with Crippen molar-refractivity contribution >= 4 is 45.9 Å². The molecule has 2 aliphatic rings. The summed E-state index contributed by atoms with van der Waals surface area (Å²) in [5, 5.41) is 10.2. The fraction of sp³-hybridized carbons (Fsp3) is 0.104. The van der Waals surface area contributed by atoms with Gasteiger partial charge in [0.1, 0.15) is 6.07 Å². The number of benzene rings is 7. The van der Waals surface area contributed by atoms with Crippen LogP contribution < -0.4 is 27.0 Å². The average molecular weight is 668 g/mol. The van der Waals surface area contributed by atoms with Gasteiger partial charge >= 0.3 is 0 Å². The molecule has 52 heavy (non-hydrogen) atoms. The van der Waals surface area contributed by atoms with Gasteiger partial charge in [-0.2, -0.15) is 5.26 Å². The van der Waals surface area contributed by atoms with Crippen LogP contribution in [0, 0.1) is 11.3 Å². The molecule has 7 aromatic rings. The zero-order valence-electron chi connectivity index (χ0n) is 29.5. The molecule has 0 atom stereocenters. The predicted molar refractivity (Wildman–Crippen MR) is 218 cm³/mol. The van der Waals surface area contributed by atoms with Crippen LogP contribution in [0.5, 0.6) is 0 Å². The fourth-order valence-corrected chi connectivity index (χ4v) is 8.92. The number of hydrogen-bond donors (Lipinski definition) is 1. The van der Waals surface area contributed by atoms with Crippen molar-refractivity contribution in [3.05, 3.63) is 186 Å². The van der Waals surface area contributed by atoms with E-state index in [1.165, 1.54) is 55.6 Å². The molecule has 4 heteroatoms. The molecule has 0 bridgehead atoms. The topological polar surface area (TPSA) is 53.0 Å². The number of nitrogens with zero attached hydrogens (tertiary/aromatic N) is 2. The van der Waals surface area contributed by atoms with E-state index in [2.05, 4.69) is 176 Å². The number of nitriles is 1. The Labute approximate surface area is 306 Å². The van der Waals surface area contributed by atoms with E-state index in [-0.39, 0.29) is 12.1 Å². The summed E-state index contributed by atoms with van der Waals surface area (Å²) < 4.78 is 0. The molecule has 0 amide bonds. The highest BCUT2D eigenvalue weighted by atomic mass is 15.2. The summed E-state index contributed by atoms with van der Waals surface area (Å²) in [5.74, 6) is 0. The second kappa shape index (κ2) is 12.5. The van der Waals surface area contributed by atoms with Crippen LogP contribution in [-0.2, 0) is 18.3 Å². The van der Waals surface area contributed by atoms with Crippen molar-refractivity contribution in [2.75, 3.05) is 10.6 Å². The van der Waals surface area contributed by atoms with E-state index in [0.717, 1.165) is 28.8 Å². The molecule has 0 aliphatic carbocycles. The summed E-state index contributed by atoms with van der Waals surface area (Å²) in [6, 6.07) is 59.4. The molecule has 2 heterocycles. The van der Waals surface area contributed by atoms with Crippen molar-refractivity contribution in [3.63, 3.8) is 0 Å². The van der Waals surface area contributed by atoms with Crippen molar-refractivity contribution in [3.8, 4) is 28.3 Å². The first-order valence-corrected chi connectivity index (χ1v) is 18.1. The van der Waals surface area contributed by atoms with Gasteiger partial charge in [0.2, 0.25) is 6.71 Å². The van der Waals surface area contributed by atoms with Gasteiger partial charge in [-0.15, -0.1) is 0 Å². The normalized spacial score (nSPS) is 13.9. The predicted octanol–water partition coefficient (Wildman–Crippen LogP) is 9.20. The van der Waals surface area contributed by atoms with Crippen LogP contribution in [0.1, 0.15) is 41.7 Å². The summed E-state index contributed by atoms with van der Waals surface area (Å²) in [5.41, 5.74) is 24.7. The minimum Gasteiger partial charge on any atom is -0.397 e. The second-order valence-electron chi connectivity index (χ2n) is 14.5. The van der Waals surface area contributed by atoms with Crippen molar-refractivity contribution < 1.29 is 0 Å². The Kier molecular flexibility index (Phi) is 7.60. The number of nitrogens with two attached hydrogens (primary N) is 1. The number of anilines is 4. The minimum absolute atomic E-state index is 0.0508. The molecule has 0 spiro atoms. The lowest BCUT2D eigenvalue weighted by Gasteiger charge is -2.42. The third kappa shape index (κ3) is 4.88. The first-order chi connectivity index (χ1) is 25.5. The van der Waals surface area contributed by atoms with Crippen molar-refractivity contribution in [2.45, 2.75) is 32.1 Å². The molecule has 2 aliphatic heterocycles. The standard InChI is InChI=1S/C48H38BN3/c1-48(2)40-20-8-12-24-45(40)52(46-25-13-9-21-41(46)48)44-26-14-19-34-36-17-6-10-22-42(36)49(33-15-4-3-5-16-33)43-23-11-7-18-37(43)35-28-27-32(31-50)47(51)39(35)30-29-38(34)44/h3-28H,29-30,51H2,1-2H3. The summed E-state index contributed by atoms with van der Waals surface area (Å²) in [4.78, 5) is 2.48. The largest absolute Gasteiger partial charge is 0.397 e. The molecule has 7 aromatic carbocycles. The van der Waals surface area contributed by atoms with Crippen LogP contribution >= 0.6 is 0 Å². The van der Waals surface area contributed by atoms with E-state index >= 15 is 0 Å². The molecular weight excluding hydrogens is 629 g/mol. The Morgan fingerprint density at radius 1 is 0.538 bits per heavy atom. The van der Waals surface area contributed by atoms with Gasteiger partial charge in [0.25, 0.3) is 0 Å². The molecule has 0 fully saturated rings. The van der Waals surface area contributed by atoms with Crippen LogP contribution in [0.25, 0.3) is 22.3 Å². The van der Waals surface area contributed by atoms with Gasteiger partial charge in [0, 0.05) is 11.1 Å². The van der Waals surface area contributed by atoms with Gasteiger partial charge in [-0.3, -0.25) is 0 Å². The number of fused-ring (bicyclic) bond motifs is 8. The van der Waals surface area contributed by atoms with E-state index in [1.807, 2.05) is 6.07 Å². The quantitative estimate of drug-likeness (QED) is 0.148. The van der Waals surface area contributed by atoms with Crippen molar-refractivity contribution in [2.24, 2.45) is 0 Å². The third-order valence-corrected chi connectivity index (χ3v) is 11.4. The minimum atomic E-state index is -0.164. The summed E-state index contributed by atoms with van der Waals surface area (Å²) in [6.45, 7) is 4.61. The molecule has 2 N–H and O–H groups in total. The molecule has 0 aromatic heterocycles. The Hall–Kier alpha value is -6.31. The Balaban J connectivity index is 1.38. The van der Waals surface area contributed by atoms with E-state index < -0.39 is 0 Å². The van der Waals surface area contributed by atoms with Crippen LogP contribution in [0.2, 0.25) is 0 Å². The smallest absolute Gasteiger partial charge is 0.242 e. The van der Waals surface area contributed by atoms with E-state index in [9.17, 15) is 5.26 Å². The Bertz CT molecular complexity index is 2500. The second-order valence-corrected chi connectivity index (χ2v) is 14.5. The van der Waals surface area contributed by atoms with Gasteiger partial charge in [-0.25, -0.2) is 0 Å². The molecule has 0 saturated carbocycles. The van der Waals surface area contributed by atoms with E-state index in [4.69, 9.17) is 5.73 Å². The summed E-state index contributed by atoms with van der Waals surface area (Å²) in [7, 11) is 0. The number of hydrogen-bond acceptors (Lipinski definition) is 3. The lowest BCUT2D eigenvalue weighted by Crippen LogP contribution is -2.53. The maximum Gasteiger partial charge on any atom is 0.242 e. The van der Waals surface area contributed by atoms with Crippen molar-refractivity contribution in [1.29, 1.82) is 5.26 Å². The Morgan fingerprint density at radius 3 is 1.67 bits per heavy atom. The highest BCUT2D eigenvalue weighted by Gasteiger charge is 2.38.